The van der Waals surface area contributed by atoms with E-state index >= 15 is 0 Å². The lowest BCUT2D eigenvalue weighted by molar-refractivity contribution is -0.152. The standard InChI is InChI=1S/C15H18BrNO4/c1-8(10-4-3-9(16)7-13(10)21-2)17-14(18)11-5-6-12(11)15(19)20/h3-4,7-8,11-12H,5-6H2,1-2H3,(H,17,18)(H,19,20). The van der Waals surface area contributed by atoms with Crippen molar-refractivity contribution in [2.24, 2.45) is 11.8 Å². The van der Waals surface area contributed by atoms with Crippen molar-refractivity contribution in [1.82, 2.24) is 5.32 Å². The van der Waals surface area contributed by atoms with Gasteiger partial charge in [0.25, 0.3) is 0 Å². The molecule has 0 bridgehead atoms. The highest BCUT2D eigenvalue weighted by atomic mass is 79.9. The smallest absolute Gasteiger partial charge is 0.307 e. The highest BCUT2D eigenvalue weighted by Gasteiger charge is 2.41. The van der Waals surface area contributed by atoms with Crippen LogP contribution in [0.25, 0.3) is 0 Å². The Kier molecular flexibility index (Phi) is 4.88. The zero-order valence-corrected chi connectivity index (χ0v) is 13.5. The van der Waals surface area contributed by atoms with Gasteiger partial charge in [-0.3, -0.25) is 9.59 Å². The molecule has 2 N–H and O–H groups in total. The molecule has 2 rings (SSSR count). The van der Waals surface area contributed by atoms with Crippen molar-refractivity contribution >= 4 is 27.8 Å². The first-order valence-electron chi connectivity index (χ1n) is 6.80. The largest absolute Gasteiger partial charge is 0.496 e. The van der Waals surface area contributed by atoms with Crippen LogP contribution in [0.1, 0.15) is 31.4 Å². The average Bonchev–Trinajstić information content (AvgIpc) is 2.35. The van der Waals surface area contributed by atoms with E-state index in [1.165, 1.54) is 0 Å². The summed E-state index contributed by atoms with van der Waals surface area (Å²) in [4.78, 5) is 23.2. The maximum absolute atomic E-state index is 12.2. The minimum atomic E-state index is -0.893. The molecule has 1 aromatic rings. The molecule has 3 unspecified atom stereocenters. The maximum Gasteiger partial charge on any atom is 0.307 e. The molecule has 1 aromatic carbocycles. The first-order chi connectivity index (χ1) is 9.93. The molecule has 1 aliphatic carbocycles. The lowest BCUT2D eigenvalue weighted by Gasteiger charge is -2.33. The second-order valence-electron chi connectivity index (χ2n) is 5.25. The lowest BCUT2D eigenvalue weighted by atomic mass is 9.73. The monoisotopic (exact) mass is 355 g/mol. The zero-order chi connectivity index (χ0) is 15.6. The maximum atomic E-state index is 12.2. The van der Waals surface area contributed by atoms with Crippen molar-refractivity contribution in [2.75, 3.05) is 7.11 Å². The van der Waals surface area contributed by atoms with E-state index in [4.69, 9.17) is 9.84 Å². The molecule has 0 aliphatic heterocycles. The van der Waals surface area contributed by atoms with Crippen LogP contribution in [-0.4, -0.2) is 24.1 Å². The summed E-state index contributed by atoms with van der Waals surface area (Å²) in [5, 5.41) is 11.9. The molecule has 114 valence electrons. The Hall–Kier alpha value is -1.56. The van der Waals surface area contributed by atoms with E-state index in [-0.39, 0.29) is 11.9 Å². The lowest BCUT2D eigenvalue weighted by Crippen LogP contribution is -2.44. The van der Waals surface area contributed by atoms with Crippen LogP contribution < -0.4 is 10.1 Å². The number of rotatable bonds is 5. The highest BCUT2D eigenvalue weighted by molar-refractivity contribution is 9.10. The first kappa shape index (κ1) is 15.8. The molecular weight excluding hydrogens is 338 g/mol. The summed E-state index contributed by atoms with van der Waals surface area (Å²) in [6.45, 7) is 1.86. The fourth-order valence-electron chi connectivity index (χ4n) is 2.55. The Morgan fingerprint density at radius 3 is 2.57 bits per heavy atom. The summed E-state index contributed by atoms with van der Waals surface area (Å²) in [5.74, 6) is -1.39. The van der Waals surface area contributed by atoms with Crippen molar-refractivity contribution in [3.8, 4) is 5.75 Å². The Morgan fingerprint density at radius 2 is 2.05 bits per heavy atom. The molecule has 1 saturated carbocycles. The van der Waals surface area contributed by atoms with Crippen LogP contribution in [0.2, 0.25) is 0 Å². The Balaban J connectivity index is 2.06. The van der Waals surface area contributed by atoms with E-state index < -0.39 is 17.8 Å². The van der Waals surface area contributed by atoms with E-state index in [0.29, 0.717) is 18.6 Å². The number of amides is 1. The van der Waals surface area contributed by atoms with Gasteiger partial charge in [0.15, 0.2) is 0 Å². The number of hydrogen-bond acceptors (Lipinski definition) is 3. The molecule has 1 fully saturated rings. The number of halogens is 1. The second-order valence-corrected chi connectivity index (χ2v) is 6.16. The Morgan fingerprint density at radius 1 is 1.38 bits per heavy atom. The number of ether oxygens (including phenoxy) is 1. The van der Waals surface area contributed by atoms with Crippen LogP contribution in [-0.2, 0) is 9.59 Å². The SMILES string of the molecule is COc1cc(Br)ccc1C(C)NC(=O)C1CCC1C(=O)O. The summed E-state index contributed by atoms with van der Waals surface area (Å²) >= 11 is 3.37. The number of benzene rings is 1. The van der Waals surface area contributed by atoms with Gasteiger partial charge >= 0.3 is 5.97 Å². The molecule has 5 nitrogen and oxygen atoms in total. The minimum Gasteiger partial charge on any atom is -0.496 e. The normalized spacial score (nSPS) is 22.0. The topological polar surface area (TPSA) is 75.6 Å². The molecule has 0 aromatic heterocycles. The number of carbonyl (C=O) groups is 2. The third-order valence-electron chi connectivity index (χ3n) is 3.95. The fraction of sp³-hybridized carbons (Fsp3) is 0.467. The number of methoxy groups -OCH3 is 1. The molecule has 21 heavy (non-hydrogen) atoms. The van der Waals surface area contributed by atoms with Gasteiger partial charge in [-0.1, -0.05) is 22.0 Å². The van der Waals surface area contributed by atoms with Gasteiger partial charge < -0.3 is 15.2 Å². The van der Waals surface area contributed by atoms with Crippen LogP contribution in [0, 0.1) is 11.8 Å². The molecular formula is C15H18BrNO4. The molecule has 0 heterocycles. The Labute approximate surface area is 131 Å². The van der Waals surface area contributed by atoms with E-state index in [2.05, 4.69) is 21.2 Å². The molecule has 1 amide bonds. The van der Waals surface area contributed by atoms with Crippen molar-refractivity contribution in [1.29, 1.82) is 0 Å². The van der Waals surface area contributed by atoms with E-state index in [1.54, 1.807) is 7.11 Å². The number of carboxylic acids is 1. The summed E-state index contributed by atoms with van der Waals surface area (Å²) in [6, 6.07) is 5.35. The summed E-state index contributed by atoms with van der Waals surface area (Å²) in [7, 11) is 1.58. The van der Waals surface area contributed by atoms with Gasteiger partial charge in [-0.15, -0.1) is 0 Å². The van der Waals surface area contributed by atoms with Crippen LogP contribution in [0.3, 0.4) is 0 Å². The van der Waals surface area contributed by atoms with Crippen molar-refractivity contribution < 1.29 is 19.4 Å². The summed E-state index contributed by atoms with van der Waals surface area (Å²) in [6.07, 6.45) is 1.20. The number of hydrogen-bond donors (Lipinski definition) is 2. The van der Waals surface area contributed by atoms with Crippen molar-refractivity contribution in [2.45, 2.75) is 25.8 Å². The number of aliphatic carboxylic acids is 1. The van der Waals surface area contributed by atoms with Gasteiger partial charge in [0.1, 0.15) is 5.75 Å². The quantitative estimate of drug-likeness (QED) is 0.851. The number of nitrogens with one attached hydrogen (secondary N) is 1. The van der Waals surface area contributed by atoms with E-state index in [1.807, 2.05) is 25.1 Å². The van der Waals surface area contributed by atoms with Gasteiger partial charge in [-0.05, 0) is 31.9 Å². The molecule has 0 saturated heterocycles. The molecule has 1 aliphatic rings. The molecule has 0 spiro atoms. The first-order valence-corrected chi connectivity index (χ1v) is 7.60. The summed E-state index contributed by atoms with van der Waals surface area (Å²) < 4.78 is 6.21. The number of carboxylic acid groups (broad SMARTS) is 1. The molecule has 6 heteroatoms. The predicted octanol–water partition coefficient (Wildman–Crippen LogP) is 2.75. The van der Waals surface area contributed by atoms with E-state index in [9.17, 15) is 9.59 Å². The molecule has 3 atom stereocenters. The van der Waals surface area contributed by atoms with Crippen LogP contribution in [0.5, 0.6) is 5.75 Å². The summed E-state index contributed by atoms with van der Waals surface area (Å²) in [5.41, 5.74) is 0.861. The number of carbonyl (C=O) groups excluding carboxylic acids is 1. The van der Waals surface area contributed by atoms with Crippen molar-refractivity contribution in [3.05, 3.63) is 28.2 Å². The predicted molar refractivity (Wildman–Crippen MR) is 81.1 cm³/mol. The molecule has 0 radical (unpaired) electrons. The highest BCUT2D eigenvalue weighted by Crippen LogP contribution is 2.35. The van der Waals surface area contributed by atoms with Gasteiger partial charge in [-0.2, -0.15) is 0 Å². The van der Waals surface area contributed by atoms with Gasteiger partial charge in [-0.25, -0.2) is 0 Å². The van der Waals surface area contributed by atoms with E-state index in [0.717, 1.165) is 10.0 Å². The Bertz CT molecular complexity index is 561. The van der Waals surface area contributed by atoms with Gasteiger partial charge in [0.2, 0.25) is 5.91 Å². The minimum absolute atomic E-state index is 0.203. The van der Waals surface area contributed by atoms with Gasteiger partial charge in [0, 0.05) is 10.0 Å². The van der Waals surface area contributed by atoms with Crippen LogP contribution in [0.15, 0.2) is 22.7 Å². The second kappa shape index (κ2) is 6.47. The van der Waals surface area contributed by atoms with Gasteiger partial charge in [0.05, 0.1) is 25.0 Å². The van der Waals surface area contributed by atoms with Crippen LogP contribution in [0.4, 0.5) is 0 Å². The zero-order valence-electron chi connectivity index (χ0n) is 11.9. The average molecular weight is 356 g/mol. The third kappa shape index (κ3) is 3.37. The third-order valence-corrected chi connectivity index (χ3v) is 4.44. The van der Waals surface area contributed by atoms with Crippen LogP contribution >= 0.6 is 15.9 Å². The van der Waals surface area contributed by atoms with Crippen molar-refractivity contribution in [3.63, 3.8) is 0 Å². The fourth-order valence-corrected chi connectivity index (χ4v) is 2.89.